The van der Waals surface area contributed by atoms with Crippen LogP contribution in [0, 0.1) is 0 Å². The maximum Gasteiger partial charge on any atom is 0.324 e. The highest BCUT2D eigenvalue weighted by Gasteiger charge is 2.45. The fraction of sp³-hybridized carbons (Fsp3) is 0.833. The quantitative estimate of drug-likeness (QED) is 0.724. The van der Waals surface area contributed by atoms with Gasteiger partial charge in [-0.3, -0.25) is 14.5 Å². The van der Waals surface area contributed by atoms with Gasteiger partial charge >= 0.3 is 5.97 Å². The molecule has 17 heavy (non-hydrogen) atoms. The van der Waals surface area contributed by atoms with Crippen LogP contribution in [0.2, 0.25) is 0 Å². The van der Waals surface area contributed by atoms with Gasteiger partial charge in [0.15, 0.2) is 0 Å². The lowest BCUT2D eigenvalue weighted by atomic mass is 9.93. The van der Waals surface area contributed by atoms with Crippen molar-refractivity contribution in [2.75, 3.05) is 20.1 Å². The third-order valence-electron chi connectivity index (χ3n) is 3.72. The van der Waals surface area contributed by atoms with Crippen LogP contribution in [0.5, 0.6) is 0 Å². The van der Waals surface area contributed by atoms with E-state index >= 15 is 0 Å². The van der Waals surface area contributed by atoms with E-state index in [1.807, 2.05) is 11.8 Å². The van der Waals surface area contributed by atoms with Gasteiger partial charge < -0.3 is 10.4 Å². The fourth-order valence-electron chi connectivity index (χ4n) is 2.61. The van der Waals surface area contributed by atoms with Crippen molar-refractivity contribution in [3.05, 3.63) is 0 Å². The molecule has 0 aliphatic carbocycles. The second-order valence-corrected chi connectivity index (χ2v) is 4.56. The Labute approximate surface area is 102 Å². The van der Waals surface area contributed by atoms with Gasteiger partial charge in [0.25, 0.3) is 0 Å². The van der Waals surface area contributed by atoms with Crippen LogP contribution in [0.4, 0.5) is 0 Å². The SMILES string of the molecule is CCC1(C(=O)O)CCCN1CCCC(=O)NC. The minimum absolute atomic E-state index is 0.0154. The standard InChI is InChI=1S/C12H22N2O3/c1-3-12(11(16)17)7-5-9-14(12)8-4-6-10(15)13-2/h3-9H2,1-2H3,(H,13,15)(H,16,17). The van der Waals surface area contributed by atoms with Gasteiger partial charge in [-0.15, -0.1) is 0 Å². The number of likely N-dealkylation sites (tertiary alicyclic amines) is 1. The molecule has 2 N–H and O–H groups in total. The maximum atomic E-state index is 11.4. The zero-order valence-electron chi connectivity index (χ0n) is 10.7. The average Bonchev–Trinajstić information content (AvgIpc) is 2.73. The number of nitrogens with zero attached hydrogens (tertiary/aromatic N) is 1. The summed E-state index contributed by atoms with van der Waals surface area (Å²) in [5.74, 6) is -0.709. The van der Waals surface area contributed by atoms with E-state index in [-0.39, 0.29) is 5.91 Å². The molecule has 5 nitrogen and oxygen atoms in total. The van der Waals surface area contributed by atoms with Crippen molar-refractivity contribution in [3.8, 4) is 0 Å². The Hall–Kier alpha value is -1.10. The summed E-state index contributed by atoms with van der Waals surface area (Å²) in [6.07, 6.45) is 3.46. The third kappa shape index (κ3) is 2.97. The van der Waals surface area contributed by atoms with Gasteiger partial charge in [-0.1, -0.05) is 6.92 Å². The van der Waals surface area contributed by atoms with E-state index in [2.05, 4.69) is 5.32 Å². The molecule has 1 heterocycles. The first-order valence-electron chi connectivity index (χ1n) is 6.26. The summed E-state index contributed by atoms with van der Waals surface area (Å²) in [4.78, 5) is 24.5. The van der Waals surface area contributed by atoms with Gasteiger partial charge in [-0.05, 0) is 38.8 Å². The predicted octanol–water partition coefficient (Wildman–Crippen LogP) is 0.842. The number of aliphatic carboxylic acids is 1. The molecule has 1 amide bonds. The Bertz CT molecular complexity index is 293. The number of carboxylic acids is 1. The molecule has 98 valence electrons. The Balaban J connectivity index is 2.52. The van der Waals surface area contributed by atoms with E-state index in [0.717, 1.165) is 19.4 Å². The van der Waals surface area contributed by atoms with Gasteiger partial charge in [0.05, 0.1) is 0 Å². The molecule has 1 unspecified atom stereocenters. The zero-order chi connectivity index (χ0) is 12.9. The number of rotatable bonds is 6. The normalized spacial score (nSPS) is 24.8. The third-order valence-corrected chi connectivity index (χ3v) is 3.72. The van der Waals surface area contributed by atoms with E-state index < -0.39 is 11.5 Å². The van der Waals surface area contributed by atoms with Crippen molar-refractivity contribution >= 4 is 11.9 Å². The molecule has 1 rings (SSSR count). The van der Waals surface area contributed by atoms with Crippen molar-refractivity contribution in [2.45, 2.75) is 44.6 Å². The number of carbonyl (C=O) groups excluding carboxylic acids is 1. The van der Waals surface area contributed by atoms with Crippen molar-refractivity contribution in [2.24, 2.45) is 0 Å². The molecule has 0 aromatic rings. The summed E-state index contributed by atoms with van der Waals surface area (Å²) in [6, 6.07) is 0. The number of amides is 1. The van der Waals surface area contributed by atoms with Gasteiger partial charge in [0.2, 0.25) is 5.91 Å². The first-order chi connectivity index (χ1) is 8.06. The molecule has 0 bridgehead atoms. The maximum absolute atomic E-state index is 11.4. The lowest BCUT2D eigenvalue weighted by Gasteiger charge is -2.33. The minimum Gasteiger partial charge on any atom is -0.480 e. The van der Waals surface area contributed by atoms with Crippen molar-refractivity contribution in [1.82, 2.24) is 10.2 Å². The molecule has 0 aromatic carbocycles. The molecule has 0 spiro atoms. The molecule has 0 radical (unpaired) electrons. The highest BCUT2D eigenvalue weighted by molar-refractivity contribution is 5.79. The van der Waals surface area contributed by atoms with Crippen LogP contribution in [0.3, 0.4) is 0 Å². The highest BCUT2D eigenvalue weighted by Crippen LogP contribution is 2.32. The lowest BCUT2D eigenvalue weighted by molar-refractivity contribution is -0.150. The smallest absolute Gasteiger partial charge is 0.324 e. The summed E-state index contributed by atoms with van der Waals surface area (Å²) in [7, 11) is 1.62. The Kier molecular flexibility index (Phi) is 4.93. The van der Waals surface area contributed by atoms with Gasteiger partial charge in [-0.2, -0.15) is 0 Å². The first kappa shape index (κ1) is 14.0. The van der Waals surface area contributed by atoms with Crippen LogP contribution < -0.4 is 5.32 Å². The molecule has 1 atom stereocenters. The summed E-state index contributed by atoms with van der Waals surface area (Å²) in [6.45, 7) is 3.44. The molecule has 1 aliphatic rings. The predicted molar refractivity (Wildman–Crippen MR) is 64.8 cm³/mol. The molecule has 0 saturated carbocycles. The zero-order valence-corrected chi connectivity index (χ0v) is 10.7. The van der Waals surface area contributed by atoms with E-state index in [0.29, 0.717) is 25.8 Å². The van der Waals surface area contributed by atoms with Gasteiger partial charge in [0, 0.05) is 13.5 Å². The van der Waals surface area contributed by atoms with Crippen molar-refractivity contribution < 1.29 is 14.7 Å². The van der Waals surface area contributed by atoms with E-state index in [9.17, 15) is 14.7 Å². The topological polar surface area (TPSA) is 69.6 Å². The summed E-state index contributed by atoms with van der Waals surface area (Å²) >= 11 is 0. The number of carboxylic acid groups (broad SMARTS) is 1. The monoisotopic (exact) mass is 242 g/mol. The Morgan fingerprint density at radius 3 is 2.71 bits per heavy atom. The van der Waals surface area contributed by atoms with Crippen LogP contribution in [-0.2, 0) is 9.59 Å². The summed E-state index contributed by atoms with van der Waals surface area (Å²) < 4.78 is 0. The van der Waals surface area contributed by atoms with Crippen molar-refractivity contribution in [3.63, 3.8) is 0 Å². The number of hydrogen-bond acceptors (Lipinski definition) is 3. The number of nitrogens with one attached hydrogen (secondary N) is 1. The Morgan fingerprint density at radius 1 is 1.47 bits per heavy atom. The van der Waals surface area contributed by atoms with Crippen LogP contribution in [0.25, 0.3) is 0 Å². The van der Waals surface area contributed by atoms with E-state index in [4.69, 9.17) is 0 Å². The molecule has 0 aromatic heterocycles. The molecular weight excluding hydrogens is 220 g/mol. The van der Waals surface area contributed by atoms with Crippen LogP contribution in [-0.4, -0.2) is 47.6 Å². The number of hydrogen-bond donors (Lipinski definition) is 2. The fourth-order valence-corrected chi connectivity index (χ4v) is 2.61. The molecule has 1 fully saturated rings. The van der Waals surface area contributed by atoms with Crippen LogP contribution >= 0.6 is 0 Å². The second-order valence-electron chi connectivity index (χ2n) is 4.56. The van der Waals surface area contributed by atoms with Crippen LogP contribution in [0.15, 0.2) is 0 Å². The highest BCUT2D eigenvalue weighted by atomic mass is 16.4. The molecular formula is C12H22N2O3. The molecule has 1 saturated heterocycles. The van der Waals surface area contributed by atoms with E-state index in [1.165, 1.54) is 0 Å². The van der Waals surface area contributed by atoms with Crippen molar-refractivity contribution in [1.29, 1.82) is 0 Å². The Morgan fingerprint density at radius 2 is 2.18 bits per heavy atom. The minimum atomic E-state index is -0.725. The van der Waals surface area contributed by atoms with Gasteiger partial charge in [-0.25, -0.2) is 0 Å². The second kappa shape index (κ2) is 6.00. The van der Waals surface area contributed by atoms with Gasteiger partial charge in [0.1, 0.15) is 5.54 Å². The molecule has 5 heteroatoms. The largest absolute Gasteiger partial charge is 0.480 e. The first-order valence-corrected chi connectivity index (χ1v) is 6.26. The number of carbonyl (C=O) groups is 2. The summed E-state index contributed by atoms with van der Waals surface area (Å²) in [5, 5.41) is 11.9. The lowest BCUT2D eigenvalue weighted by Crippen LogP contribution is -2.50. The molecule has 1 aliphatic heterocycles. The van der Waals surface area contributed by atoms with E-state index in [1.54, 1.807) is 7.05 Å². The van der Waals surface area contributed by atoms with Crippen LogP contribution in [0.1, 0.15) is 39.0 Å². The summed E-state index contributed by atoms with van der Waals surface area (Å²) in [5.41, 5.74) is -0.692. The average molecular weight is 242 g/mol.